The number of rotatable bonds is 2. The number of halogens is 2. The molecule has 0 aromatic heterocycles. The Labute approximate surface area is 121 Å². The number of carbonyl (C=O) groups excluding carboxylic acids is 1. The van der Waals surface area contributed by atoms with Crippen molar-refractivity contribution >= 4 is 35.0 Å². The zero-order valence-corrected chi connectivity index (χ0v) is 11.6. The summed E-state index contributed by atoms with van der Waals surface area (Å²) in [6.45, 7) is 1.85. The van der Waals surface area contributed by atoms with Crippen LogP contribution in [0.25, 0.3) is 0 Å². The third-order valence-corrected chi connectivity index (χ3v) is 3.04. The smallest absolute Gasteiger partial charge is 0.410 e. The van der Waals surface area contributed by atoms with E-state index in [-0.39, 0.29) is 0 Å². The Bertz CT molecular complexity index is 577. The molecule has 3 nitrogen and oxygen atoms in total. The van der Waals surface area contributed by atoms with Gasteiger partial charge in [-0.2, -0.15) is 0 Å². The Kier molecular flexibility index (Phi) is 4.30. The molecule has 2 rings (SSSR count). The van der Waals surface area contributed by atoms with Gasteiger partial charge in [-0.05, 0) is 42.8 Å². The number of amides is 1. The van der Waals surface area contributed by atoms with Crippen molar-refractivity contribution in [1.82, 2.24) is 0 Å². The predicted molar refractivity (Wildman–Crippen MR) is 77.3 cm³/mol. The average Bonchev–Trinajstić information content (AvgIpc) is 2.37. The molecule has 0 unspecified atom stereocenters. The van der Waals surface area contributed by atoms with Crippen LogP contribution in [0.15, 0.2) is 42.5 Å². The van der Waals surface area contributed by atoms with E-state index in [1.165, 1.54) is 0 Å². The largest absolute Gasteiger partial charge is 0.417 e. The van der Waals surface area contributed by atoms with Crippen LogP contribution in [-0.2, 0) is 0 Å². The Morgan fingerprint density at radius 1 is 1.11 bits per heavy atom. The van der Waals surface area contributed by atoms with Gasteiger partial charge in [-0.15, -0.1) is 0 Å². The first-order valence-corrected chi connectivity index (χ1v) is 6.31. The lowest BCUT2D eigenvalue weighted by Crippen LogP contribution is -2.17. The van der Waals surface area contributed by atoms with Crippen molar-refractivity contribution in [1.29, 1.82) is 0 Å². The van der Waals surface area contributed by atoms with Crippen molar-refractivity contribution in [3.63, 3.8) is 0 Å². The van der Waals surface area contributed by atoms with Gasteiger partial charge in [0.15, 0.2) is 0 Å². The van der Waals surface area contributed by atoms with Crippen LogP contribution in [0.4, 0.5) is 10.5 Å². The Hall–Kier alpha value is -1.71. The van der Waals surface area contributed by atoms with Crippen LogP contribution in [0.1, 0.15) is 5.56 Å². The summed E-state index contributed by atoms with van der Waals surface area (Å²) in [5, 5.41) is 3.66. The molecular weight excluding hydrogens is 285 g/mol. The summed E-state index contributed by atoms with van der Waals surface area (Å²) in [6, 6.07) is 11.9. The maximum absolute atomic E-state index is 11.7. The highest BCUT2D eigenvalue weighted by molar-refractivity contribution is 6.33. The van der Waals surface area contributed by atoms with E-state index in [0.717, 1.165) is 5.56 Å². The minimum atomic E-state index is -0.599. The molecule has 2 aromatic rings. The summed E-state index contributed by atoms with van der Waals surface area (Å²) < 4.78 is 5.12. The summed E-state index contributed by atoms with van der Waals surface area (Å²) in [4.78, 5) is 11.7. The molecule has 0 aliphatic heterocycles. The fourth-order valence-corrected chi connectivity index (χ4v) is 1.92. The first-order valence-electron chi connectivity index (χ1n) is 5.56. The van der Waals surface area contributed by atoms with Gasteiger partial charge in [0.05, 0.1) is 10.7 Å². The van der Waals surface area contributed by atoms with Gasteiger partial charge in [-0.25, -0.2) is 4.79 Å². The molecule has 0 saturated carbocycles. The zero-order chi connectivity index (χ0) is 13.8. The van der Waals surface area contributed by atoms with Gasteiger partial charge in [0.1, 0.15) is 5.75 Å². The van der Waals surface area contributed by atoms with E-state index in [0.29, 0.717) is 21.5 Å². The number of nitrogens with one attached hydrogen (secondary N) is 1. The van der Waals surface area contributed by atoms with Crippen LogP contribution in [0.3, 0.4) is 0 Å². The highest BCUT2D eigenvalue weighted by Gasteiger charge is 2.09. The van der Waals surface area contributed by atoms with Gasteiger partial charge in [-0.1, -0.05) is 35.3 Å². The van der Waals surface area contributed by atoms with Crippen molar-refractivity contribution in [2.24, 2.45) is 0 Å². The molecule has 0 fully saturated rings. The van der Waals surface area contributed by atoms with Crippen molar-refractivity contribution in [3.05, 3.63) is 58.1 Å². The van der Waals surface area contributed by atoms with Crippen LogP contribution in [-0.4, -0.2) is 6.09 Å². The summed E-state index contributed by atoms with van der Waals surface area (Å²) in [7, 11) is 0. The van der Waals surface area contributed by atoms with E-state index in [1.54, 1.807) is 30.3 Å². The lowest BCUT2D eigenvalue weighted by molar-refractivity contribution is 0.215. The van der Waals surface area contributed by atoms with Crippen LogP contribution < -0.4 is 10.1 Å². The first-order chi connectivity index (χ1) is 9.06. The Morgan fingerprint density at radius 2 is 1.79 bits per heavy atom. The maximum atomic E-state index is 11.7. The third kappa shape index (κ3) is 3.63. The minimum Gasteiger partial charge on any atom is -0.410 e. The number of benzene rings is 2. The minimum absolute atomic E-state index is 0.409. The Morgan fingerprint density at radius 3 is 2.42 bits per heavy atom. The summed E-state index contributed by atoms with van der Waals surface area (Å²) >= 11 is 11.8. The van der Waals surface area contributed by atoms with Crippen molar-refractivity contribution < 1.29 is 9.53 Å². The van der Waals surface area contributed by atoms with E-state index in [9.17, 15) is 4.79 Å². The number of carbonyl (C=O) groups is 1. The molecular formula is C14H11Cl2NO2. The molecule has 1 amide bonds. The van der Waals surface area contributed by atoms with E-state index in [4.69, 9.17) is 27.9 Å². The number of ether oxygens (including phenoxy) is 1. The van der Waals surface area contributed by atoms with Gasteiger partial charge >= 0.3 is 6.09 Å². The lowest BCUT2D eigenvalue weighted by Gasteiger charge is -2.10. The van der Waals surface area contributed by atoms with E-state index in [1.807, 2.05) is 19.1 Å². The summed E-state index contributed by atoms with van der Waals surface area (Å²) in [5.41, 5.74) is 1.41. The van der Waals surface area contributed by atoms with Gasteiger partial charge in [0.25, 0.3) is 0 Å². The molecule has 0 aliphatic rings. The van der Waals surface area contributed by atoms with Crippen molar-refractivity contribution in [3.8, 4) is 5.75 Å². The average molecular weight is 296 g/mol. The molecule has 5 heteroatoms. The Balaban J connectivity index is 2.07. The molecule has 0 bridgehead atoms. The van der Waals surface area contributed by atoms with Gasteiger partial charge in [0, 0.05) is 5.02 Å². The van der Waals surface area contributed by atoms with E-state index in [2.05, 4.69) is 5.32 Å². The number of para-hydroxylation sites is 1. The second-order valence-electron chi connectivity index (χ2n) is 3.90. The standard InChI is InChI=1S/C14H11Cl2NO2/c1-9-3-2-4-12(16)13(9)17-14(18)19-11-7-5-10(15)6-8-11/h2-8H,1H3,(H,17,18). The lowest BCUT2D eigenvalue weighted by atomic mass is 10.2. The summed E-state index contributed by atoms with van der Waals surface area (Å²) in [6.07, 6.45) is -0.599. The summed E-state index contributed by atoms with van der Waals surface area (Å²) in [5.74, 6) is 0.409. The molecule has 2 aromatic carbocycles. The zero-order valence-electron chi connectivity index (χ0n) is 10.1. The quantitative estimate of drug-likeness (QED) is 0.854. The topological polar surface area (TPSA) is 38.3 Å². The molecule has 0 saturated heterocycles. The van der Waals surface area contributed by atoms with Gasteiger partial charge in [0.2, 0.25) is 0 Å². The number of hydrogen-bond donors (Lipinski definition) is 1. The number of hydrogen-bond acceptors (Lipinski definition) is 2. The SMILES string of the molecule is Cc1cccc(Cl)c1NC(=O)Oc1ccc(Cl)cc1. The first kappa shape index (κ1) is 13.7. The van der Waals surface area contributed by atoms with Gasteiger partial charge < -0.3 is 4.74 Å². The fraction of sp³-hybridized carbons (Fsp3) is 0.0714. The molecule has 0 atom stereocenters. The molecule has 19 heavy (non-hydrogen) atoms. The molecule has 0 heterocycles. The van der Waals surface area contributed by atoms with Crippen LogP contribution in [0.2, 0.25) is 10.0 Å². The highest BCUT2D eigenvalue weighted by atomic mass is 35.5. The highest BCUT2D eigenvalue weighted by Crippen LogP contribution is 2.25. The molecule has 98 valence electrons. The third-order valence-electron chi connectivity index (χ3n) is 2.47. The van der Waals surface area contributed by atoms with E-state index < -0.39 is 6.09 Å². The monoisotopic (exact) mass is 295 g/mol. The van der Waals surface area contributed by atoms with Crippen LogP contribution >= 0.6 is 23.2 Å². The number of aryl methyl sites for hydroxylation is 1. The predicted octanol–water partition coefficient (Wildman–Crippen LogP) is 4.91. The normalized spacial score (nSPS) is 10.1. The van der Waals surface area contributed by atoms with Crippen LogP contribution in [0, 0.1) is 6.92 Å². The van der Waals surface area contributed by atoms with E-state index >= 15 is 0 Å². The second kappa shape index (κ2) is 5.95. The van der Waals surface area contributed by atoms with Crippen molar-refractivity contribution in [2.75, 3.05) is 5.32 Å². The van der Waals surface area contributed by atoms with Crippen molar-refractivity contribution in [2.45, 2.75) is 6.92 Å². The molecule has 0 spiro atoms. The molecule has 1 N–H and O–H groups in total. The fourth-order valence-electron chi connectivity index (χ4n) is 1.53. The second-order valence-corrected chi connectivity index (χ2v) is 4.74. The molecule has 0 aliphatic carbocycles. The van der Waals surface area contributed by atoms with Crippen LogP contribution in [0.5, 0.6) is 5.75 Å². The van der Waals surface area contributed by atoms with Gasteiger partial charge in [-0.3, -0.25) is 5.32 Å². The molecule has 0 radical (unpaired) electrons. The maximum Gasteiger partial charge on any atom is 0.417 e. The number of anilines is 1.